The Morgan fingerprint density at radius 3 is 3.14 bits per heavy atom. The Labute approximate surface area is 85.7 Å². The zero-order valence-corrected chi connectivity index (χ0v) is 8.63. The van der Waals surface area contributed by atoms with Gasteiger partial charge in [-0.1, -0.05) is 0 Å². The van der Waals surface area contributed by atoms with E-state index in [1.54, 1.807) is 0 Å². The fraction of sp³-hybridized carbons (Fsp3) is 0.500. The average Bonchev–Trinajstić information content (AvgIpc) is 2.52. The highest BCUT2D eigenvalue weighted by molar-refractivity contribution is 7.13. The van der Waals surface area contributed by atoms with Gasteiger partial charge in [0.25, 0.3) is 5.91 Å². The summed E-state index contributed by atoms with van der Waals surface area (Å²) >= 11 is 1.37. The van der Waals surface area contributed by atoms with E-state index in [2.05, 4.69) is 10.3 Å². The first-order valence-electron chi connectivity index (χ1n) is 4.13. The zero-order valence-electron chi connectivity index (χ0n) is 7.82. The average molecular weight is 216 g/mol. The number of carbonyl (C=O) groups excluding carboxylic acids is 1. The summed E-state index contributed by atoms with van der Waals surface area (Å²) in [7, 11) is 0. The van der Waals surface area contributed by atoms with E-state index in [9.17, 15) is 4.79 Å². The fourth-order valence-electron chi connectivity index (χ4n) is 0.796. The number of hydrogen-bond acceptors (Lipinski definition) is 5. The molecule has 2 N–H and O–H groups in total. The van der Waals surface area contributed by atoms with Gasteiger partial charge in [-0.2, -0.15) is 0 Å². The van der Waals surface area contributed by atoms with Crippen molar-refractivity contribution >= 4 is 22.4 Å². The number of aliphatic hydroxyl groups is 1. The van der Waals surface area contributed by atoms with Crippen molar-refractivity contribution in [2.75, 3.05) is 25.1 Å². The SMILES string of the molecule is Cc1csc(NC(=O)COCCO)n1. The molecule has 0 aliphatic rings. The van der Waals surface area contributed by atoms with E-state index >= 15 is 0 Å². The number of ether oxygens (including phenoxy) is 1. The smallest absolute Gasteiger partial charge is 0.252 e. The van der Waals surface area contributed by atoms with Gasteiger partial charge in [0.05, 0.1) is 18.9 Å². The number of rotatable bonds is 5. The van der Waals surface area contributed by atoms with Crippen molar-refractivity contribution in [3.05, 3.63) is 11.1 Å². The molecule has 78 valence electrons. The summed E-state index contributed by atoms with van der Waals surface area (Å²) in [4.78, 5) is 15.2. The molecule has 1 heterocycles. The number of thiazole rings is 1. The van der Waals surface area contributed by atoms with Crippen LogP contribution in [0, 0.1) is 6.92 Å². The van der Waals surface area contributed by atoms with Crippen LogP contribution in [0.1, 0.15) is 5.69 Å². The van der Waals surface area contributed by atoms with Crippen LogP contribution in [0.4, 0.5) is 5.13 Å². The maximum absolute atomic E-state index is 11.1. The summed E-state index contributed by atoms with van der Waals surface area (Å²) in [6.07, 6.45) is 0. The van der Waals surface area contributed by atoms with Crippen LogP contribution in [-0.2, 0) is 9.53 Å². The van der Waals surface area contributed by atoms with Crippen LogP contribution in [0.3, 0.4) is 0 Å². The van der Waals surface area contributed by atoms with Crippen LogP contribution in [0.15, 0.2) is 5.38 Å². The Morgan fingerprint density at radius 1 is 1.79 bits per heavy atom. The number of nitrogens with one attached hydrogen (secondary N) is 1. The summed E-state index contributed by atoms with van der Waals surface area (Å²) in [6, 6.07) is 0. The third kappa shape index (κ3) is 3.82. The van der Waals surface area contributed by atoms with Crippen LogP contribution in [0.25, 0.3) is 0 Å². The predicted octanol–water partition coefficient (Wildman–Crippen LogP) is 0.399. The maximum Gasteiger partial charge on any atom is 0.252 e. The summed E-state index contributed by atoms with van der Waals surface area (Å²) in [5, 5.41) is 13.4. The Kier molecular flexibility index (Phi) is 4.51. The lowest BCUT2D eigenvalue weighted by Gasteiger charge is -2.01. The lowest BCUT2D eigenvalue weighted by Crippen LogP contribution is -2.19. The number of anilines is 1. The van der Waals surface area contributed by atoms with Gasteiger partial charge in [0.1, 0.15) is 6.61 Å². The molecule has 0 saturated carbocycles. The number of nitrogens with zero attached hydrogens (tertiary/aromatic N) is 1. The third-order valence-corrected chi connectivity index (χ3v) is 2.21. The van der Waals surface area contributed by atoms with Crippen LogP contribution < -0.4 is 5.32 Å². The van der Waals surface area contributed by atoms with Crippen LogP contribution in [-0.4, -0.2) is 35.8 Å². The molecule has 0 aliphatic heterocycles. The van der Waals surface area contributed by atoms with Crippen molar-refractivity contribution in [3.63, 3.8) is 0 Å². The Bertz CT molecular complexity index is 301. The molecule has 1 amide bonds. The van der Waals surface area contributed by atoms with E-state index in [1.165, 1.54) is 11.3 Å². The maximum atomic E-state index is 11.1. The molecule has 0 radical (unpaired) electrons. The molecule has 0 saturated heterocycles. The first-order chi connectivity index (χ1) is 6.72. The lowest BCUT2D eigenvalue weighted by molar-refractivity contribution is -0.120. The van der Waals surface area contributed by atoms with Gasteiger partial charge in [0.2, 0.25) is 0 Å². The molecule has 1 aromatic heterocycles. The quantitative estimate of drug-likeness (QED) is 0.699. The molecule has 0 atom stereocenters. The molecule has 6 heteroatoms. The second kappa shape index (κ2) is 5.69. The highest BCUT2D eigenvalue weighted by Crippen LogP contribution is 2.13. The first kappa shape index (κ1) is 11.1. The lowest BCUT2D eigenvalue weighted by atomic mass is 10.6. The van der Waals surface area contributed by atoms with Gasteiger partial charge in [0.15, 0.2) is 5.13 Å². The topological polar surface area (TPSA) is 71.5 Å². The summed E-state index contributed by atoms with van der Waals surface area (Å²) < 4.78 is 4.84. The zero-order chi connectivity index (χ0) is 10.4. The Morgan fingerprint density at radius 2 is 2.57 bits per heavy atom. The molecule has 0 bridgehead atoms. The van der Waals surface area contributed by atoms with Gasteiger partial charge >= 0.3 is 0 Å². The molecular formula is C8H12N2O3S. The van der Waals surface area contributed by atoms with Crippen molar-refractivity contribution in [3.8, 4) is 0 Å². The van der Waals surface area contributed by atoms with E-state index in [-0.39, 0.29) is 25.7 Å². The van der Waals surface area contributed by atoms with Crippen molar-refractivity contribution in [1.82, 2.24) is 4.98 Å². The van der Waals surface area contributed by atoms with Gasteiger partial charge in [-0.15, -0.1) is 11.3 Å². The minimum absolute atomic E-state index is 0.0564. The third-order valence-electron chi connectivity index (χ3n) is 1.33. The summed E-state index contributed by atoms with van der Waals surface area (Å²) in [5.74, 6) is -0.257. The highest BCUT2D eigenvalue weighted by atomic mass is 32.1. The van der Waals surface area contributed by atoms with Crippen molar-refractivity contribution in [2.45, 2.75) is 6.92 Å². The van der Waals surface area contributed by atoms with Gasteiger partial charge < -0.3 is 9.84 Å². The minimum atomic E-state index is -0.257. The Balaban J connectivity index is 2.27. The number of aromatic nitrogens is 1. The molecule has 5 nitrogen and oxygen atoms in total. The molecule has 0 aromatic carbocycles. The van der Waals surface area contributed by atoms with Gasteiger partial charge in [-0.25, -0.2) is 4.98 Å². The number of aliphatic hydroxyl groups excluding tert-OH is 1. The molecule has 1 rings (SSSR count). The molecule has 14 heavy (non-hydrogen) atoms. The van der Waals surface area contributed by atoms with E-state index < -0.39 is 0 Å². The molecular weight excluding hydrogens is 204 g/mol. The number of aryl methyl sites for hydroxylation is 1. The number of amides is 1. The monoisotopic (exact) mass is 216 g/mol. The largest absolute Gasteiger partial charge is 0.394 e. The molecule has 0 unspecified atom stereocenters. The Hall–Kier alpha value is -0.980. The minimum Gasteiger partial charge on any atom is -0.394 e. The normalized spacial score (nSPS) is 10.1. The second-order valence-corrected chi connectivity index (χ2v) is 3.48. The summed E-state index contributed by atoms with van der Waals surface area (Å²) in [6.45, 7) is 1.89. The first-order valence-corrected chi connectivity index (χ1v) is 5.01. The highest BCUT2D eigenvalue weighted by Gasteiger charge is 2.04. The number of carbonyl (C=O) groups is 1. The molecule has 1 aromatic rings. The standard InChI is InChI=1S/C8H12N2O3S/c1-6-5-14-8(9-6)10-7(12)4-13-3-2-11/h5,11H,2-4H2,1H3,(H,9,10,12). The van der Waals surface area contributed by atoms with Crippen LogP contribution >= 0.6 is 11.3 Å². The molecule has 0 spiro atoms. The van der Waals surface area contributed by atoms with Crippen molar-refractivity contribution in [2.24, 2.45) is 0 Å². The van der Waals surface area contributed by atoms with E-state index in [0.717, 1.165) is 5.69 Å². The van der Waals surface area contributed by atoms with Crippen molar-refractivity contribution in [1.29, 1.82) is 0 Å². The van der Waals surface area contributed by atoms with E-state index in [0.29, 0.717) is 5.13 Å². The number of hydrogen-bond donors (Lipinski definition) is 2. The fourth-order valence-corrected chi connectivity index (χ4v) is 1.50. The van der Waals surface area contributed by atoms with Crippen LogP contribution in [0.5, 0.6) is 0 Å². The van der Waals surface area contributed by atoms with Gasteiger partial charge in [-0.3, -0.25) is 10.1 Å². The summed E-state index contributed by atoms with van der Waals surface area (Å²) in [5.41, 5.74) is 0.876. The molecule has 0 fully saturated rings. The van der Waals surface area contributed by atoms with Crippen molar-refractivity contribution < 1.29 is 14.6 Å². The van der Waals surface area contributed by atoms with E-state index in [4.69, 9.17) is 9.84 Å². The van der Waals surface area contributed by atoms with Gasteiger partial charge in [-0.05, 0) is 6.92 Å². The van der Waals surface area contributed by atoms with Gasteiger partial charge in [0, 0.05) is 5.38 Å². The predicted molar refractivity (Wildman–Crippen MR) is 53.4 cm³/mol. The second-order valence-electron chi connectivity index (χ2n) is 2.62. The van der Waals surface area contributed by atoms with E-state index in [1.807, 2.05) is 12.3 Å². The molecule has 0 aliphatic carbocycles. The van der Waals surface area contributed by atoms with Crippen LogP contribution in [0.2, 0.25) is 0 Å².